The molecule has 0 fully saturated rings. The van der Waals surface area contributed by atoms with Crippen molar-refractivity contribution >= 4 is 0 Å². The molecule has 0 rings (SSSR count). The van der Waals surface area contributed by atoms with Crippen LogP contribution < -0.4 is 0 Å². The number of hydrogen-bond acceptors (Lipinski definition) is 3. The standard InChI is InChI=1S/C20H42O3/c1-7-11-14-21-20(22-15-12-8-2,23-16-13-9-3)19(10-4)17-18(5)6/h18-19H,7-17H2,1-6H3. The molecule has 3 heteroatoms. The van der Waals surface area contributed by atoms with Gasteiger partial charge in [0.05, 0.1) is 19.8 Å². The van der Waals surface area contributed by atoms with Crippen molar-refractivity contribution in [2.45, 2.75) is 98.9 Å². The highest BCUT2D eigenvalue weighted by molar-refractivity contribution is 4.73. The highest BCUT2D eigenvalue weighted by Gasteiger charge is 2.41. The maximum atomic E-state index is 6.27. The molecule has 140 valence electrons. The first-order chi connectivity index (χ1) is 11.1. The average Bonchev–Trinajstić information content (AvgIpc) is 2.52. The zero-order chi connectivity index (χ0) is 17.6. The van der Waals surface area contributed by atoms with E-state index in [4.69, 9.17) is 14.2 Å². The molecule has 23 heavy (non-hydrogen) atoms. The van der Waals surface area contributed by atoms with E-state index in [1.165, 1.54) is 0 Å². The lowest BCUT2D eigenvalue weighted by Crippen LogP contribution is -2.47. The first-order valence-electron chi connectivity index (χ1n) is 9.97. The van der Waals surface area contributed by atoms with Gasteiger partial charge >= 0.3 is 0 Å². The lowest BCUT2D eigenvalue weighted by molar-refractivity contribution is -0.407. The Morgan fingerprint density at radius 1 is 0.696 bits per heavy atom. The second-order valence-corrected chi connectivity index (χ2v) is 6.94. The van der Waals surface area contributed by atoms with Crippen molar-refractivity contribution in [3.05, 3.63) is 0 Å². The van der Waals surface area contributed by atoms with Crippen LogP contribution in [-0.4, -0.2) is 25.8 Å². The fourth-order valence-electron chi connectivity index (χ4n) is 2.68. The predicted octanol–water partition coefficient (Wildman–Crippen LogP) is 6.16. The Balaban J connectivity index is 5.11. The summed E-state index contributed by atoms with van der Waals surface area (Å²) in [5, 5.41) is 0. The van der Waals surface area contributed by atoms with E-state index in [1.54, 1.807) is 0 Å². The van der Waals surface area contributed by atoms with Gasteiger partial charge in [-0.25, -0.2) is 0 Å². The third-order valence-electron chi connectivity index (χ3n) is 4.15. The lowest BCUT2D eigenvalue weighted by Gasteiger charge is -2.40. The van der Waals surface area contributed by atoms with E-state index in [1.807, 2.05) is 0 Å². The van der Waals surface area contributed by atoms with Crippen LogP contribution >= 0.6 is 0 Å². The maximum absolute atomic E-state index is 6.27. The zero-order valence-electron chi connectivity index (χ0n) is 16.7. The van der Waals surface area contributed by atoms with E-state index in [2.05, 4.69) is 41.5 Å². The molecule has 0 aliphatic heterocycles. The highest BCUT2D eigenvalue weighted by Crippen LogP contribution is 2.34. The molecular weight excluding hydrogens is 288 g/mol. The third kappa shape index (κ3) is 9.69. The van der Waals surface area contributed by atoms with Gasteiger partial charge in [0.2, 0.25) is 0 Å². The summed E-state index contributed by atoms with van der Waals surface area (Å²) < 4.78 is 18.8. The van der Waals surface area contributed by atoms with Gasteiger partial charge in [-0.2, -0.15) is 0 Å². The quantitative estimate of drug-likeness (QED) is 0.250. The Morgan fingerprint density at radius 2 is 1.09 bits per heavy atom. The van der Waals surface area contributed by atoms with Gasteiger partial charge < -0.3 is 14.2 Å². The minimum absolute atomic E-state index is 0.285. The molecular formula is C20H42O3. The van der Waals surface area contributed by atoms with Crippen LogP contribution in [0.5, 0.6) is 0 Å². The van der Waals surface area contributed by atoms with Crippen molar-refractivity contribution in [1.29, 1.82) is 0 Å². The fraction of sp³-hybridized carbons (Fsp3) is 1.00. The normalized spacial score (nSPS) is 13.7. The molecule has 0 N–H and O–H groups in total. The monoisotopic (exact) mass is 330 g/mol. The summed E-state index contributed by atoms with van der Waals surface area (Å²) in [4.78, 5) is 0. The number of hydrogen-bond donors (Lipinski definition) is 0. The van der Waals surface area contributed by atoms with Crippen LogP contribution in [0.2, 0.25) is 0 Å². The molecule has 0 aliphatic rings. The summed E-state index contributed by atoms with van der Waals surface area (Å²) in [5.41, 5.74) is 0. The molecule has 0 aromatic rings. The average molecular weight is 331 g/mol. The Hall–Kier alpha value is -0.120. The molecule has 0 aliphatic carbocycles. The second kappa shape index (κ2) is 14.2. The molecule has 0 saturated carbocycles. The van der Waals surface area contributed by atoms with Gasteiger partial charge in [-0.3, -0.25) is 0 Å². The second-order valence-electron chi connectivity index (χ2n) is 6.94. The molecule has 1 atom stereocenters. The van der Waals surface area contributed by atoms with Crippen molar-refractivity contribution in [2.24, 2.45) is 11.8 Å². The summed E-state index contributed by atoms with van der Waals surface area (Å²) >= 11 is 0. The SMILES string of the molecule is CCCCOC(OCCCC)(OCCCC)C(CC)CC(C)C. The molecule has 0 bridgehead atoms. The molecule has 0 heterocycles. The van der Waals surface area contributed by atoms with E-state index in [0.29, 0.717) is 25.7 Å². The fourth-order valence-corrected chi connectivity index (χ4v) is 2.68. The van der Waals surface area contributed by atoms with Crippen LogP contribution in [0.3, 0.4) is 0 Å². The molecule has 3 nitrogen and oxygen atoms in total. The van der Waals surface area contributed by atoms with E-state index in [-0.39, 0.29) is 5.92 Å². The van der Waals surface area contributed by atoms with Crippen molar-refractivity contribution < 1.29 is 14.2 Å². The van der Waals surface area contributed by atoms with E-state index in [0.717, 1.165) is 51.4 Å². The van der Waals surface area contributed by atoms with Crippen LogP contribution in [0, 0.1) is 11.8 Å². The highest BCUT2D eigenvalue weighted by atomic mass is 16.9. The van der Waals surface area contributed by atoms with E-state index in [9.17, 15) is 0 Å². The summed E-state index contributed by atoms with van der Waals surface area (Å²) in [6.07, 6.45) is 8.61. The molecule has 0 aromatic carbocycles. The summed E-state index contributed by atoms with van der Waals surface area (Å²) in [7, 11) is 0. The minimum atomic E-state index is -0.849. The molecule has 0 saturated heterocycles. The Bertz CT molecular complexity index is 227. The maximum Gasteiger partial charge on any atom is 0.285 e. The van der Waals surface area contributed by atoms with Gasteiger partial charge in [-0.05, 0) is 38.0 Å². The van der Waals surface area contributed by atoms with Crippen LogP contribution in [0.4, 0.5) is 0 Å². The van der Waals surface area contributed by atoms with Gasteiger partial charge in [-0.15, -0.1) is 0 Å². The van der Waals surface area contributed by atoms with Crippen LogP contribution in [0.15, 0.2) is 0 Å². The van der Waals surface area contributed by atoms with E-state index >= 15 is 0 Å². The third-order valence-corrected chi connectivity index (χ3v) is 4.15. The van der Waals surface area contributed by atoms with Crippen LogP contribution in [0.1, 0.15) is 92.9 Å². The van der Waals surface area contributed by atoms with Gasteiger partial charge in [-0.1, -0.05) is 60.8 Å². The predicted molar refractivity (Wildman–Crippen MR) is 98.5 cm³/mol. The minimum Gasteiger partial charge on any atom is -0.327 e. The van der Waals surface area contributed by atoms with Gasteiger partial charge in [0.1, 0.15) is 0 Å². The Kier molecular flexibility index (Phi) is 14.2. The number of rotatable bonds is 16. The molecule has 0 spiro atoms. The van der Waals surface area contributed by atoms with Crippen molar-refractivity contribution in [1.82, 2.24) is 0 Å². The van der Waals surface area contributed by atoms with Crippen molar-refractivity contribution in [3.63, 3.8) is 0 Å². The summed E-state index contributed by atoms with van der Waals surface area (Å²) in [6, 6.07) is 0. The summed E-state index contributed by atoms with van der Waals surface area (Å²) in [6.45, 7) is 15.4. The van der Waals surface area contributed by atoms with Crippen molar-refractivity contribution in [3.8, 4) is 0 Å². The van der Waals surface area contributed by atoms with Crippen molar-refractivity contribution in [2.75, 3.05) is 19.8 Å². The first kappa shape index (κ1) is 22.9. The largest absolute Gasteiger partial charge is 0.327 e. The number of unbranched alkanes of at least 4 members (excludes halogenated alkanes) is 3. The molecule has 0 aromatic heterocycles. The van der Waals surface area contributed by atoms with E-state index < -0.39 is 5.97 Å². The Morgan fingerprint density at radius 3 is 1.35 bits per heavy atom. The lowest BCUT2D eigenvalue weighted by atomic mass is 9.92. The van der Waals surface area contributed by atoms with Gasteiger partial charge in [0, 0.05) is 5.92 Å². The first-order valence-corrected chi connectivity index (χ1v) is 9.97. The topological polar surface area (TPSA) is 27.7 Å². The molecule has 0 radical (unpaired) electrons. The van der Waals surface area contributed by atoms with Crippen LogP contribution in [0.25, 0.3) is 0 Å². The van der Waals surface area contributed by atoms with Gasteiger partial charge in [0.25, 0.3) is 5.97 Å². The zero-order valence-corrected chi connectivity index (χ0v) is 16.7. The Labute approximate surface area is 145 Å². The smallest absolute Gasteiger partial charge is 0.285 e. The number of ether oxygens (including phenoxy) is 3. The molecule has 1 unspecified atom stereocenters. The summed E-state index contributed by atoms with van der Waals surface area (Å²) in [5.74, 6) is 0.0464. The molecule has 0 amide bonds. The van der Waals surface area contributed by atoms with Gasteiger partial charge in [0.15, 0.2) is 0 Å². The van der Waals surface area contributed by atoms with Crippen LogP contribution in [-0.2, 0) is 14.2 Å².